The lowest BCUT2D eigenvalue weighted by Gasteiger charge is -2.63. The number of nitrogens with zero attached hydrogens (tertiary/aromatic N) is 7. The van der Waals surface area contributed by atoms with Crippen molar-refractivity contribution >= 4 is 57.5 Å². The highest BCUT2D eigenvalue weighted by Crippen LogP contribution is 2.56. The van der Waals surface area contributed by atoms with E-state index in [-0.39, 0.29) is 48.5 Å². The van der Waals surface area contributed by atoms with E-state index in [1.54, 1.807) is 29.3 Å². The van der Waals surface area contributed by atoms with Crippen molar-refractivity contribution in [2.45, 2.75) is 78.0 Å². The number of imide groups is 1. The number of fused-ring (bicyclic) bond motifs is 2. The second kappa shape index (κ2) is 17.9. The number of carbonyl (C=O) groups is 4. The molecule has 9 rings (SSSR count). The molecule has 5 heterocycles. The zero-order chi connectivity index (χ0) is 45.3. The number of hydrogen-bond acceptors (Lipinski definition) is 10. The molecule has 1 saturated carbocycles. The maximum absolute atomic E-state index is 15.8. The molecule has 0 unspecified atom stereocenters. The van der Waals surface area contributed by atoms with Gasteiger partial charge in [0.15, 0.2) is 0 Å². The van der Waals surface area contributed by atoms with Crippen LogP contribution in [0.25, 0.3) is 21.8 Å². The van der Waals surface area contributed by atoms with Crippen LogP contribution >= 0.6 is 0 Å². The number of benzene rings is 3. The second-order valence-electron chi connectivity index (χ2n) is 18.5. The average molecular weight is 872 g/mol. The number of halogens is 1. The smallest absolute Gasteiger partial charge is 0.328 e. The third-order valence-corrected chi connectivity index (χ3v) is 13.8. The van der Waals surface area contributed by atoms with Gasteiger partial charge in [-0.15, -0.1) is 0 Å². The molecule has 64 heavy (non-hydrogen) atoms. The van der Waals surface area contributed by atoms with Gasteiger partial charge in [-0.1, -0.05) is 33.8 Å². The normalized spacial score (nSPS) is 21.3. The zero-order valence-electron chi connectivity index (χ0n) is 36.6. The SMILES string of the molecule is CC1(C)C(NC(=O)c2ccc(N3CCC(CN4CCC(n5ncc6c(N7CCC(=O)NC7=O)cccc65)CC4)CC3)c(F)c2)C(C)(C)C1Oc1ccc(C#N)c2ncccc12.O=CO. The summed E-state index contributed by atoms with van der Waals surface area (Å²) in [5, 5.41) is 28.5. The van der Waals surface area contributed by atoms with Gasteiger partial charge >= 0.3 is 6.03 Å². The molecular weight excluding hydrogens is 818 g/mol. The number of carbonyl (C=O) groups excluding carboxylic acids is 3. The van der Waals surface area contributed by atoms with Gasteiger partial charge in [-0.3, -0.25) is 34.3 Å². The summed E-state index contributed by atoms with van der Waals surface area (Å²) in [5.74, 6) is 0.200. The van der Waals surface area contributed by atoms with Crippen LogP contribution in [0.2, 0.25) is 0 Å². The van der Waals surface area contributed by atoms with E-state index in [0.29, 0.717) is 35.0 Å². The van der Waals surface area contributed by atoms with Gasteiger partial charge in [0.25, 0.3) is 12.4 Å². The maximum Gasteiger partial charge on any atom is 0.328 e. The number of urea groups is 1. The third kappa shape index (κ3) is 8.32. The number of nitrogens with one attached hydrogen (secondary N) is 2. The monoisotopic (exact) mass is 871 g/mol. The molecule has 3 saturated heterocycles. The van der Waals surface area contributed by atoms with Crippen LogP contribution in [0.3, 0.4) is 0 Å². The molecule has 2 aromatic heterocycles. The number of nitriles is 1. The van der Waals surface area contributed by atoms with Gasteiger partial charge in [-0.05, 0) is 86.2 Å². The molecule has 4 fully saturated rings. The highest BCUT2D eigenvalue weighted by molar-refractivity contribution is 6.09. The Bertz CT molecular complexity index is 2610. The largest absolute Gasteiger partial charge is 0.488 e. The minimum atomic E-state index is -0.445. The summed E-state index contributed by atoms with van der Waals surface area (Å²) >= 11 is 0. The standard InChI is InChI=1S/C47H52FN9O4.CH2O2/c1-46(2)43(47(3,4)44(46)61-39-13-11-31(26-49)41-33(39)7-6-19-50-41)53-42(59)30-10-12-38(35(48)25-30)55-22-14-29(15-23-55)28-54-20-16-32(17-21-54)57-37-9-5-8-36(34(37)27-51-57)56-24-18-40(58)52-45(56)60;2-1-3/h5-13,19,25,27,29,32,43-44H,14-18,20-24,28H2,1-4H3,(H,53,59)(H,52,58,60);1H,(H,2,3). The first-order valence-electron chi connectivity index (χ1n) is 21.9. The molecule has 334 valence electrons. The van der Waals surface area contributed by atoms with Crippen LogP contribution in [0.15, 0.2) is 73.1 Å². The Morgan fingerprint density at radius 2 is 1.70 bits per heavy atom. The molecule has 3 aliphatic heterocycles. The molecule has 16 heteroatoms. The minimum Gasteiger partial charge on any atom is -0.488 e. The number of piperidine rings is 2. The van der Waals surface area contributed by atoms with Crippen LogP contribution in [0.1, 0.15) is 81.8 Å². The molecule has 3 aromatic carbocycles. The number of rotatable bonds is 9. The molecule has 3 N–H and O–H groups in total. The summed E-state index contributed by atoms with van der Waals surface area (Å²) in [6.07, 6.45) is 7.40. The van der Waals surface area contributed by atoms with E-state index in [2.05, 4.69) is 63.9 Å². The van der Waals surface area contributed by atoms with E-state index >= 15 is 4.39 Å². The molecule has 5 aromatic rings. The topological polar surface area (TPSA) is 186 Å². The molecule has 4 aliphatic rings. The van der Waals surface area contributed by atoms with Crippen molar-refractivity contribution in [2.24, 2.45) is 16.7 Å². The van der Waals surface area contributed by atoms with Gasteiger partial charge < -0.3 is 25.0 Å². The molecule has 1 aliphatic carbocycles. The Hall–Kier alpha value is -6.60. The first-order valence-corrected chi connectivity index (χ1v) is 21.9. The Labute approximate surface area is 371 Å². The summed E-state index contributed by atoms with van der Waals surface area (Å²) < 4.78 is 24.5. The van der Waals surface area contributed by atoms with E-state index in [9.17, 15) is 19.6 Å². The molecule has 4 amide bonds. The number of pyridine rings is 1. The Kier molecular flexibility index (Phi) is 12.3. The number of likely N-dealkylation sites (tertiary alicyclic amines) is 1. The number of anilines is 2. The van der Waals surface area contributed by atoms with Gasteiger partial charge in [0, 0.05) is 85.1 Å². The molecule has 0 bridgehead atoms. The van der Waals surface area contributed by atoms with Crippen molar-refractivity contribution in [3.63, 3.8) is 0 Å². The lowest BCUT2D eigenvalue weighted by molar-refractivity contribution is -0.163. The lowest BCUT2D eigenvalue weighted by atomic mass is 9.49. The first kappa shape index (κ1) is 44.0. The van der Waals surface area contributed by atoms with Gasteiger partial charge in [0.2, 0.25) is 5.91 Å². The quantitative estimate of drug-likeness (QED) is 0.131. The van der Waals surface area contributed by atoms with Gasteiger partial charge in [0.05, 0.1) is 40.2 Å². The molecule has 0 atom stereocenters. The van der Waals surface area contributed by atoms with Crippen LogP contribution in [0.5, 0.6) is 5.75 Å². The summed E-state index contributed by atoms with van der Waals surface area (Å²) in [6, 6.07) is 19.8. The predicted molar refractivity (Wildman–Crippen MR) is 240 cm³/mol. The number of amides is 4. The van der Waals surface area contributed by atoms with E-state index in [4.69, 9.17) is 19.7 Å². The summed E-state index contributed by atoms with van der Waals surface area (Å²) in [6.45, 7) is 12.8. The zero-order valence-corrected chi connectivity index (χ0v) is 36.6. The third-order valence-electron chi connectivity index (χ3n) is 13.8. The van der Waals surface area contributed by atoms with E-state index < -0.39 is 22.7 Å². The first-order chi connectivity index (χ1) is 30.7. The second-order valence-corrected chi connectivity index (χ2v) is 18.5. The predicted octanol–water partition coefficient (Wildman–Crippen LogP) is 6.91. The number of ether oxygens (including phenoxy) is 1. The molecular formula is C48H54FN9O6. The summed E-state index contributed by atoms with van der Waals surface area (Å²) in [7, 11) is 0. The Morgan fingerprint density at radius 3 is 2.39 bits per heavy atom. The molecule has 15 nitrogen and oxygen atoms in total. The average Bonchev–Trinajstić information content (AvgIpc) is 3.73. The van der Waals surface area contributed by atoms with Crippen molar-refractivity contribution in [1.29, 1.82) is 5.26 Å². The molecule has 0 spiro atoms. The number of carboxylic acid groups (broad SMARTS) is 1. The lowest BCUT2D eigenvalue weighted by Crippen LogP contribution is -2.74. The van der Waals surface area contributed by atoms with Gasteiger partial charge in [-0.2, -0.15) is 10.4 Å². The van der Waals surface area contributed by atoms with Gasteiger partial charge in [0.1, 0.15) is 23.7 Å². The van der Waals surface area contributed by atoms with E-state index in [1.807, 2.05) is 42.6 Å². The Morgan fingerprint density at radius 1 is 0.969 bits per heavy atom. The van der Waals surface area contributed by atoms with Crippen LogP contribution in [-0.2, 0) is 9.59 Å². The fraction of sp³-hybridized carbons (Fsp3) is 0.438. The minimum absolute atomic E-state index is 0.239. The van der Waals surface area contributed by atoms with Crippen LogP contribution in [0.4, 0.5) is 20.6 Å². The highest BCUT2D eigenvalue weighted by Gasteiger charge is 2.64. The van der Waals surface area contributed by atoms with Crippen molar-refractivity contribution < 1.29 is 33.4 Å². The summed E-state index contributed by atoms with van der Waals surface area (Å²) in [4.78, 5) is 57.0. The fourth-order valence-electron chi connectivity index (χ4n) is 10.8. The molecule has 0 radical (unpaired) electrons. The highest BCUT2D eigenvalue weighted by atomic mass is 19.1. The van der Waals surface area contributed by atoms with Crippen LogP contribution in [-0.4, -0.2) is 101 Å². The fourth-order valence-corrected chi connectivity index (χ4v) is 10.8. The van der Waals surface area contributed by atoms with E-state index in [0.717, 1.165) is 80.4 Å². The van der Waals surface area contributed by atoms with Crippen molar-refractivity contribution in [1.82, 2.24) is 30.3 Å². The van der Waals surface area contributed by atoms with E-state index in [1.165, 1.54) is 6.07 Å². The van der Waals surface area contributed by atoms with Crippen molar-refractivity contribution in [3.05, 3.63) is 90.0 Å². The van der Waals surface area contributed by atoms with Crippen LogP contribution in [0, 0.1) is 33.9 Å². The van der Waals surface area contributed by atoms with Gasteiger partial charge in [-0.25, -0.2) is 9.18 Å². The number of hydrogen-bond donors (Lipinski definition) is 3. The summed E-state index contributed by atoms with van der Waals surface area (Å²) in [5.41, 5.74) is 2.77. The van der Waals surface area contributed by atoms with Crippen molar-refractivity contribution in [3.8, 4) is 11.8 Å². The van der Waals surface area contributed by atoms with Crippen molar-refractivity contribution in [2.75, 3.05) is 49.1 Å². The Balaban J connectivity index is 0.00000182. The maximum atomic E-state index is 15.8. The van der Waals surface area contributed by atoms with Crippen LogP contribution < -0.4 is 25.2 Å². The number of aromatic nitrogens is 3.